The molecule has 3 rings (SSSR count). The average molecular weight is 426 g/mol. The van der Waals surface area contributed by atoms with Gasteiger partial charge in [0.05, 0.1) is 12.6 Å². The van der Waals surface area contributed by atoms with E-state index in [0.717, 1.165) is 10.4 Å². The number of ether oxygens (including phenoxy) is 2. The van der Waals surface area contributed by atoms with Gasteiger partial charge in [-0.2, -0.15) is 0 Å². The van der Waals surface area contributed by atoms with E-state index in [1.54, 1.807) is 0 Å². The molecule has 1 saturated heterocycles. The first-order chi connectivity index (χ1) is 14.2. The Morgan fingerprint density at radius 3 is 1.93 bits per heavy atom. The SMILES string of the molecule is B[C@@H]1O[C@@H](CO)[C@@H](O[Si](c2ccccc2)(c2ccccc2)C(C)(C)C)[C@@H]1OC(C)=O. The normalized spacial score (nSPS) is 24.6. The maximum Gasteiger partial charge on any atom is 0.303 e. The monoisotopic (exact) mass is 426 g/mol. The zero-order chi connectivity index (χ0) is 21.9. The summed E-state index contributed by atoms with van der Waals surface area (Å²) in [7, 11) is -1.03. The van der Waals surface area contributed by atoms with E-state index in [-0.39, 0.29) is 23.6 Å². The Balaban J connectivity index is 2.18. The number of hydrogen-bond acceptors (Lipinski definition) is 5. The van der Waals surface area contributed by atoms with Crippen molar-refractivity contribution in [3.63, 3.8) is 0 Å². The van der Waals surface area contributed by atoms with Crippen LogP contribution in [0.25, 0.3) is 0 Å². The highest BCUT2D eigenvalue weighted by Crippen LogP contribution is 2.40. The molecule has 1 aliphatic rings. The Labute approximate surface area is 180 Å². The first-order valence-corrected chi connectivity index (χ1v) is 12.3. The van der Waals surface area contributed by atoms with Gasteiger partial charge in [-0.15, -0.1) is 0 Å². The van der Waals surface area contributed by atoms with E-state index in [1.165, 1.54) is 6.92 Å². The lowest BCUT2D eigenvalue weighted by atomic mass is 9.93. The van der Waals surface area contributed by atoms with E-state index < -0.39 is 26.6 Å². The summed E-state index contributed by atoms with van der Waals surface area (Å²) in [4.78, 5) is 11.8. The smallest absolute Gasteiger partial charge is 0.303 e. The van der Waals surface area contributed by atoms with Gasteiger partial charge in [0.2, 0.25) is 0 Å². The van der Waals surface area contributed by atoms with E-state index in [4.69, 9.17) is 13.9 Å². The van der Waals surface area contributed by atoms with Gasteiger partial charge in [-0.3, -0.25) is 4.79 Å². The summed E-state index contributed by atoms with van der Waals surface area (Å²) in [6, 6.07) is 20.2. The molecule has 5 nitrogen and oxygen atoms in total. The predicted octanol–water partition coefficient (Wildman–Crippen LogP) is 1.21. The van der Waals surface area contributed by atoms with Crippen LogP contribution in [0.3, 0.4) is 0 Å². The predicted molar refractivity (Wildman–Crippen MR) is 122 cm³/mol. The Morgan fingerprint density at radius 2 is 1.53 bits per heavy atom. The number of esters is 1. The molecule has 4 atom stereocenters. The number of carbonyl (C=O) groups is 1. The molecule has 0 saturated carbocycles. The maximum absolute atomic E-state index is 11.8. The Kier molecular flexibility index (Phi) is 6.87. The second-order valence-corrected chi connectivity index (χ2v) is 13.1. The molecular weight excluding hydrogens is 395 g/mol. The molecule has 7 heteroatoms. The van der Waals surface area contributed by atoms with Crippen LogP contribution < -0.4 is 10.4 Å². The minimum absolute atomic E-state index is 0.203. The fraction of sp³-hybridized carbons (Fsp3) is 0.435. The van der Waals surface area contributed by atoms with Gasteiger partial charge >= 0.3 is 5.97 Å². The van der Waals surface area contributed by atoms with Crippen LogP contribution in [0.5, 0.6) is 0 Å². The lowest BCUT2D eigenvalue weighted by Crippen LogP contribution is -2.69. The average Bonchev–Trinajstić information content (AvgIpc) is 3.00. The van der Waals surface area contributed by atoms with Crippen LogP contribution in [0.4, 0.5) is 0 Å². The molecule has 160 valence electrons. The molecule has 0 radical (unpaired) electrons. The Bertz CT molecular complexity index is 800. The number of aliphatic hydroxyl groups excluding tert-OH is 1. The van der Waals surface area contributed by atoms with Gasteiger partial charge in [0.15, 0.2) is 0 Å². The van der Waals surface area contributed by atoms with Crippen LogP contribution in [0, 0.1) is 0 Å². The lowest BCUT2D eigenvalue weighted by molar-refractivity contribution is -0.150. The molecule has 2 aromatic rings. The first-order valence-electron chi connectivity index (χ1n) is 10.4. The van der Waals surface area contributed by atoms with Crippen molar-refractivity contribution in [2.75, 3.05) is 6.61 Å². The second kappa shape index (κ2) is 9.06. The van der Waals surface area contributed by atoms with Crippen molar-refractivity contribution in [1.82, 2.24) is 0 Å². The molecule has 0 amide bonds. The third-order valence-electron chi connectivity index (χ3n) is 5.75. The topological polar surface area (TPSA) is 65.0 Å². The van der Waals surface area contributed by atoms with Gasteiger partial charge in [-0.1, -0.05) is 81.4 Å². The molecule has 0 aromatic heterocycles. The van der Waals surface area contributed by atoms with Gasteiger partial charge in [-0.05, 0) is 15.4 Å². The molecule has 0 spiro atoms. The zero-order valence-electron chi connectivity index (χ0n) is 18.4. The summed E-state index contributed by atoms with van der Waals surface area (Å²) in [6.07, 6.45) is -1.72. The zero-order valence-corrected chi connectivity index (χ0v) is 19.4. The van der Waals surface area contributed by atoms with E-state index in [1.807, 2.05) is 44.2 Å². The van der Waals surface area contributed by atoms with Gasteiger partial charge < -0.3 is 19.0 Å². The van der Waals surface area contributed by atoms with Crippen molar-refractivity contribution in [2.24, 2.45) is 0 Å². The molecule has 1 N–H and O–H groups in total. The molecular formula is C23H31BO5Si. The molecule has 2 aromatic carbocycles. The van der Waals surface area contributed by atoms with Gasteiger partial charge in [0.25, 0.3) is 8.32 Å². The highest BCUT2D eigenvalue weighted by molar-refractivity contribution is 6.99. The summed E-state index contributed by atoms with van der Waals surface area (Å²) in [5, 5.41) is 12.0. The third-order valence-corrected chi connectivity index (χ3v) is 10.8. The van der Waals surface area contributed by atoms with E-state index >= 15 is 0 Å². The number of aliphatic hydroxyl groups is 1. The summed E-state index contributed by atoms with van der Waals surface area (Å²) in [5.41, 5.74) is 0. The molecule has 0 aliphatic carbocycles. The molecule has 1 aliphatic heterocycles. The van der Waals surface area contributed by atoms with Crippen molar-refractivity contribution < 1.29 is 23.8 Å². The fourth-order valence-electron chi connectivity index (χ4n) is 4.45. The molecule has 1 fully saturated rings. The summed E-state index contributed by atoms with van der Waals surface area (Å²) in [5.74, 6) is -0.384. The van der Waals surface area contributed by atoms with Gasteiger partial charge in [0.1, 0.15) is 26.2 Å². The molecule has 30 heavy (non-hydrogen) atoms. The van der Waals surface area contributed by atoms with Crippen molar-refractivity contribution in [3.8, 4) is 0 Å². The fourth-order valence-corrected chi connectivity index (χ4v) is 9.16. The number of rotatable bonds is 6. The van der Waals surface area contributed by atoms with Gasteiger partial charge in [-0.25, -0.2) is 0 Å². The van der Waals surface area contributed by atoms with Gasteiger partial charge in [0, 0.05) is 6.92 Å². The standard InChI is InChI=1S/C23H31BO5Si/c1-16(26)27-21-20(19(15-25)28-22(21)24)29-30(23(2,3)4,17-11-7-5-8-12-17)18-13-9-6-10-14-18/h5-14,19-22,25H,15,24H2,1-4H3/t19-,20+,21-,22+/m0/s1. The van der Waals surface area contributed by atoms with Crippen molar-refractivity contribution in [2.45, 2.75) is 57.0 Å². The van der Waals surface area contributed by atoms with Crippen LogP contribution in [0.2, 0.25) is 5.04 Å². The van der Waals surface area contributed by atoms with Crippen molar-refractivity contribution in [3.05, 3.63) is 60.7 Å². The largest absolute Gasteiger partial charge is 0.458 e. The van der Waals surface area contributed by atoms with E-state index in [9.17, 15) is 9.90 Å². The Hall–Kier alpha value is -1.93. The molecule has 0 bridgehead atoms. The van der Waals surface area contributed by atoms with Crippen LogP contribution >= 0.6 is 0 Å². The van der Waals surface area contributed by atoms with Crippen LogP contribution in [-0.2, 0) is 18.7 Å². The minimum Gasteiger partial charge on any atom is -0.458 e. The van der Waals surface area contributed by atoms with Crippen LogP contribution in [-0.4, -0.2) is 58.2 Å². The lowest BCUT2D eigenvalue weighted by Gasteiger charge is -2.45. The third kappa shape index (κ3) is 4.25. The number of hydrogen-bond donors (Lipinski definition) is 1. The number of benzene rings is 2. The first kappa shape index (κ1) is 22.8. The Morgan fingerprint density at radius 1 is 1.03 bits per heavy atom. The molecule has 1 heterocycles. The van der Waals surface area contributed by atoms with E-state index in [0.29, 0.717) is 0 Å². The second-order valence-electron chi connectivity index (χ2n) is 8.88. The maximum atomic E-state index is 11.8. The van der Waals surface area contributed by atoms with Crippen molar-refractivity contribution in [1.29, 1.82) is 0 Å². The number of carbonyl (C=O) groups excluding carboxylic acids is 1. The summed E-state index contributed by atoms with van der Waals surface area (Å²) in [6.45, 7) is 7.75. The minimum atomic E-state index is -2.88. The van der Waals surface area contributed by atoms with Crippen LogP contribution in [0.15, 0.2) is 60.7 Å². The van der Waals surface area contributed by atoms with Crippen molar-refractivity contribution >= 4 is 32.5 Å². The van der Waals surface area contributed by atoms with E-state index in [2.05, 4.69) is 45.0 Å². The van der Waals surface area contributed by atoms with Crippen LogP contribution in [0.1, 0.15) is 27.7 Å². The molecule has 0 unspecified atom stereocenters. The quantitative estimate of drug-likeness (QED) is 0.556. The summed E-state index contributed by atoms with van der Waals surface area (Å²) < 4.78 is 18.7. The highest BCUT2D eigenvalue weighted by Gasteiger charge is 2.56. The highest BCUT2D eigenvalue weighted by atomic mass is 28.4. The summed E-state index contributed by atoms with van der Waals surface area (Å²) >= 11 is 0.